The molecule has 0 aromatic heterocycles. The van der Waals surface area contributed by atoms with Crippen molar-refractivity contribution >= 4 is 11.8 Å². The molecule has 4 rings (SSSR count). The Labute approximate surface area is 158 Å². The number of nitrogens with zero attached hydrogens (tertiary/aromatic N) is 1. The van der Waals surface area contributed by atoms with E-state index in [1.54, 1.807) is 31.3 Å². The monoisotopic (exact) mass is 366 g/mol. The van der Waals surface area contributed by atoms with E-state index in [-0.39, 0.29) is 29.7 Å². The summed E-state index contributed by atoms with van der Waals surface area (Å²) in [7, 11) is 1.59. The molecule has 2 aliphatic heterocycles. The van der Waals surface area contributed by atoms with Gasteiger partial charge in [-0.1, -0.05) is 12.1 Å². The van der Waals surface area contributed by atoms with Crippen molar-refractivity contribution in [3.05, 3.63) is 71.0 Å². The van der Waals surface area contributed by atoms with Crippen molar-refractivity contribution in [1.82, 2.24) is 10.2 Å². The van der Waals surface area contributed by atoms with Crippen LogP contribution in [0, 0.1) is 5.82 Å². The lowest BCUT2D eigenvalue weighted by molar-refractivity contribution is 0.0571. The Morgan fingerprint density at radius 3 is 2.04 bits per heavy atom. The normalized spacial score (nSPS) is 23.9. The molecule has 2 amide bonds. The summed E-state index contributed by atoms with van der Waals surface area (Å²) in [5, 5.41) is 2.58. The molecule has 2 saturated heterocycles. The Kier molecular flexibility index (Phi) is 4.68. The molecule has 2 fully saturated rings. The van der Waals surface area contributed by atoms with Crippen molar-refractivity contribution in [2.24, 2.45) is 0 Å². The van der Waals surface area contributed by atoms with Crippen LogP contribution in [0.25, 0.3) is 0 Å². The van der Waals surface area contributed by atoms with Crippen molar-refractivity contribution in [2.75, 3.05) is 7.05 Å². The van der Waals surface area contributed by atoms with Crippen molar-refractivity contribution in [2.45, 2.75) is 43.7 Å². The third kappa shape index (κ3) is 3.34. The second-order valence-corrected chi connectivity index (χ2v) is 7.47. The Morgan fingerprint density at radius 1 is 0.926 bits per heavy atom. The summed E-state index contributed by atoms with van der Waals surface area (Å²) in [6.07, 6.45) is 3.88. The van der Waals surface area contributed by atoms with Crippen LogP contribution < -0.4 is 5.32 Å². The highest BCUT2D eigenvalue weighted by atomic mass is 19.1. The maximum atomic E-state index is 13.2. The first-order valence-corrected chi connectivity index (χ1v) is 9.47. The van der Waals surface area contributed by atoms with Crippen molar-refractivity contribution in [3.8, 4) is 0 Å². The van der Waals surface area contributed by atoms with E-state index in [0.29, 0.717) is 17.0 Å². The summed E-state index contributed by atoms with van der Waals surface area (Å²) >= 11 is 0. The summed E-state index contributed by atoms with van der Waals surface area (Å²) in [5.41, 5.74) is 2.34. The molecule has 5 heteroatoms. The minimum atomic E-state index is -0.213. The van der Waals surface area contributed by atoms with Gasteiger partial charge >= 0.3 is 0 Å². The van der Waals surface area contributed by atoms with Gasteiger partial charge in [0.15, 0.2) is 0 Å². The lowest BCUT2D eigenvalue weighted by Crippen LogP contribution is -2.46. The number of carbonyl (C=O) groups is 2. The van der Waals surface area contributed by atoms with Crippen molar-refractivity contribution < 1.29 is 14.0 Å². The molecule has 3 atom stereocenters. The molecule has 140 valence electrons. The topological polar surface area (TPSA) is 49.4 Å². The highest BCUT2D eigenvalue weighted by molar-refractivity contribution is 5.98. The quantitative estimate of drug-likeness (QED) is 0.900. The van der Waals surface area contributed by atoms with Crippen LogP contribution >= 0.6 is 0 Å². The number of piperidine rings is 1. The highest BCUT2D eigenvalue weighted by Crippen LogP contribution is 2.43. The van der Waals surface area contributed by atoms with E-state index in [1.807, 2.05) is 17.0 Å². The van der Waals surface area contributed by atoms with Gasteiger partial charge in [-0.2, -0.15) is 0 Å². The number of hydrogen-bond acceptors (Lipinski definition) is 2. The fourth-order valence-corrected chi connectivity index (χ4v) is 4.57. The highest BCUT2D eigenvalue weighted by Gasteiger charge is 2.43. The first-order valence-electron chi connectivity index (χ1n) is 9.47. The van der Waals surface area contributed by atoms with Crippen molar-refractivity contribution in [1.29, 1.82) is 0 Å². The summed E-state index contributed by atoms with van der Waals surface area (Å²) in [5.74, 6) is 0.0509. The number of fused-ring (bicyclic) bond motifs is 2. The van der Waals surface area contributed by atoms with Gasteiger partial charge in [-0.15, -0.1) is 0 Å². The predicted molar refractivity (Wildman–Crippen MR) is 101 cm³/mol. The first-order chi connectivity index (χ1) is 13.1. The number of hydrogen-bond donors (Lipinski definition) is 1. The maximum Gasteiger partial charge on any atom is 0.254 e. The van der Waals surface area contributed by atoms with Crippen LogP contribution in [0.1, 0.15) is 57.9 Å². The van der Waals surface area contributed by atoms with Crippen LogP contribution in [0.2, 0.25) is 0 Å². The molecule has 0 aliphatic carbocycles. The van der Waals surface area contributed by atoms with E-state index in [9.17, 15) is 14.0 Å². The van der Waals surface area contributed by atoms with E-state index >= 15 is 0 Å². The minimum absolute atomic E-state index is 0.0449. The fraction of sp³-hybridized carbons (Fsp3) is 0.364. The van der Waals surface area contributed by atoms with Crippen LogP contribution in [0.15, 0.2) is 48.5 Å². The zero-order chi connectivity index (χ0) is 19.0. The third-order valence-corrected chi connectivity index (χ3v) is 5.93. The van der Waals surface area contributed by atoms with Gasteiger partial charge < -0.3 is 10.2 Å². The standard InChI is InChI=1S/C22H23FN2O2/c1-24-21(26)15-2-4-16(5-3-15)22(27)25-19-10-11-20(25)13-17(12-19)14-6-8-18(23)9-7-14/h2-9,17,19-20H,10-13H2,1H3,(H,24,26)/t17-,19+,20-. The number of benzene rings is 2. The molecular formula is C22H23FN2O2. The number of amides is 2. The summed E-state index contributed by atoms with van der Waals surface area (Å²) < 4.78 is 13.2. The molecule has 0 unspecified atom stereocenters. The number of rotatable bonds is 3. The molecule has 0 saturated carbocycles. The Balaban J connectivity index is 1.50. The van der Waals surface area contributed by atoms with Gasteiger partial charge in [0, 0.05) is 30.3 Å². The Hall–Kier alpha value is -2.69. The summed E-state index contributed by atoms with van der Waals surface area (Å²) in [6, 6.07) is 14.1. The average Bonchev–Trinajstić information content (AvgIpc) is 2.96. The molecule has 4 nitrogen and oxygen atoms in total. The zero-order valence-corrected chi connectivity index (χ0v) is 15.3. The first kappa shape index (κ1) is 17.7. The van der Waals surface area contributed by atoms with E-state index < -0.39 is 0 Å². The van der Waals surface area contributed by atoms with E-state index in [1.165, 1.54) is 12.1 Å². The predicted octanol–water partition coefficient (Wildman–Crippen LogP) is 3.74. The maximum absolute atomic E-state index is 13.2. The molecule has 1 N–H and O–H groups in total. The molecule has 2 aliphatic rings. The lowest BCUT2D eigenvalue weighted by Gasteiger charge is -2.39. The second-order valence-electron chi connectivity index (χ2n) is 7.47. The molecule has 27 heavy (non-hydrogen) atoms. The molecule has 2 aromatic carbocycles. The second kappa shape index (κ2) is 7.14. The lowest BCUT2D eigenvalue weighted by atomic mass is 9.85. The van der Waals surface area contributed by atoms with E-state index in [2.05, 4.69) is 5.32 Å². The molecule has 0 radical (unpaired) electrons. The molecule has 2 aromatic rings. The van der Waals surface area contributed by atoms with Gasteiger partial charge in [0.1, 0.15) is 5.82 Å². The van der Waals surface area contributed by atoms with Crippen LogP contribution in [0.4, 0.5) is 4.39 Å². The van der Waals surface area contributed by atoms with Gasteiger partial charge in [0.25, 0.3) is 11.8 Å². The van der Waals surface area contributed by atoms with Crippen LogP contribution in [0.3, 0.4) is 0 Å². The number of halogens is 1. The molecule has 0 spiro atoms. The number of nitrogens with one attached hydrogen (secondary N) is 1. The smallest absolute Gasteiger partial charge is 0.254 e. The zero-order valence-electron chi connectivity index (χ0n) is 15.3. The van der Waals surface area contributed by atoms with Gasteiger partial charge in [0.2, 0.25) is 0 Å². The largest absolute Gasteiger partial charge is 0.355 e. The van der Waals surface area contributed by atoms with Gasteiger partial charge in [-0.05, 0) is 73.6 Å². The van der Waals surface area contributed by atoms with Gasteiger partial charge in [-0.25, -0.2) is 4.39 Å². The van der Waals surface area contributed by atoms with Crippen LogP contribution in [-0.4, -0.2) is 35.8 Å². The minimum Gasteiger partial charge on any atom is -0.355 e. The van der Waals surface area contributed by atoms with E-state index in [4.69, 9.17) is 0 Å². The Morgan fingerprint density at radius 2 is 1.48 bits per heavy atom. The van der Waals surface area contributed by atoms with Crippen LogP contribution in [0.5, 0.6) is 0 Å². The van der Waals surface area contributed by atoms with Gasteiger partial charge in [0.05, 0.1) is 0 Å². The molecular weight excluding hydrogens is 343 g/mol. The fourth-order valence-electron chi connectivity index (χ4n) is 4.57. The average molecular weight is 366 g/mol. The SMILES string of the molecule is CNC(=O)c1ccc(C(=O)N2[C@@H]3CC[C@H]2C[C@@H](c2ccc(F)cc2)C3)cc1. The molecule has 2 heterocycles. The number of carbonyl (C=O) groups excluding carboxylic acids is 2. The Bertz CT molecular complexity index is 834. The van der Waals surface area contributed by atoms with E-state index in [0.717, 1.165) is 31.2 Å². The van der Waals surface area contributed by atoms with Gasteiger partial charge in [-0.3, -0.25) is 9.59 Å². The summed E-state index contributed by atoms with van der Waals surface area (Å²) in [4.78, 5) is 26.8. The summed E-state index contributed by atoms with van der Waals surface area (Å²) in [6.45, 7) is 0. The van der Waals surface area contributed by atoms with Crippen molar-refractivity contribution in [3.63, 3.8) is 0 Å². The van der Waals surface area contributed by atoms with Crippen LogP contribution in [-0.2, 0) is 0 Å². The molecule has 2 bridgehead atoms. The third-order valence-electron chi connectivity index (χ3n) is 5.93.